The first-order valence-electron chi connectivity index (χ1n) is 9.06. The van der Waals surface area contributed by atoms with E-state index in [1.807, 2.05) is 27.7 Å². The van der Waals surface area contributed by atoms with Gasteiger partial charge < -0.3 is 15.9 Å². The molecule has 0 saturated carbocycles. The van der Waals surface area contributed by atoms with E-state index in [2.05, 4.69) is 0 Å². The predicted octanol–water partition coefficient (Wildman–Crippen LogP) is 4.36. The first kappa shape index (κ1) is 24.4. The summed E-state index contributed by atoms with van der Waals surface area (Å²) >= 11 is 0. The van der Waals surface area contributed by atoms with Crippen molar-refractivity contribution < 1.29 is 14.6 Å². The first-order valence-corrected chi connectivity index (χ1v) is 9.06. The number of anilines is 1. The molecule has 150 valence electrons. The lowest BCUT2D eigenvalue weighted by atomic mass is 9.91. The van der Waals surface area contributed by atoms with Crippen LogP contribution in [0.15, 0.2) is 60.4 Å². The summed E-state index contributed by atoms with van der Waals surface area (Å²) in [5.74, 6) is 5.50. The van der Waals surface area contributed by atoms with Crippen molar-refractivity contribution in [3.05, 3.63) is 71.8 Å². The molecule has 1 unspecified atom stereocenters. The molecular weight excluding hydrogens is 345 g/mol. The maximum atomic E-state index is 13.0. The van der Waals surface area contributed by atoms with E-state index < -0.39 is 5.60 Å². The molecule has 0 aromatic heterocycles. The van der Waals surface area contributed by atoms with E-state index in [4.69, 9.17) is 11.6 Å². The number of phenols is 1. The van der Waals surface area contributed by atoms with Crippen LogP contribution in [0.3, 0.4) is 0 Å². The number of benzene rings is 2. The minimum Gasteiger partial charge on any atom is -0.506 e. The average molecular weight is 378 g/mol. The molecule has 0 aliphatic rings. The standard InChI is InChI=1S/C17H20FN3O2.2C2H6/c1-17(23,12-6-8-13(18)9-7-12)10-14(19)11-21(20)15-4-2-3-5-16(15)22;2*1-2/h2-9,11,22-23H,10,19-20H2,1H3;2*1-2H3/b14-11-;;. The van der Waals surface area contributed by atoms with E-state index in [0.29, 0.717) is 16.9 Å². The van der Waals surface area contributed by atoms with Crippen LogP contribution in [0.1, 0.15) is 46.6 Å². The number of phenolic OH excluding ortho intramolecular Hbond substituents is 1. The minimum atomic E-state index is -1.27. The Morgan fingerprint density at radius 1 is 1.07 bits per heavy atom. The number of aromatic hydroxyl groups is 1. The van der Waals surface area contributed by atoms with Crippen molar-refractivity contribution in [2.75, 3.05) is 5.01 Å². The maximum absolute atomic E-state index is 13.0. The van der Waals surface area contributed by atoms with Gasteiger partial charge in [0.2, 0.25) is 0 Å². The molecule has 0 heterocycles. The SMILES string of the molecule is CC.CC.CC(O)(C/C(N)=C/N(N)c1ccccc1O)c1ccc(F)cc1. The lowest BCUT2D eigenvalue weighted by molar-refractivity contribution is 0.0571. The second-order valence-corrected chi connectivity index (χ2v) is 5.56. The second kappa shape index (κ2) is 11.9. The Labute approximate surface area is 161 Å². The van der Waals surface area contributed by atoms with Crippen LogP contribution in [-0.2, 0) is 5.60 Å². The zero-order valence-corrected chi connectivity index (χ0v) is 16.8. The maximum Gasteiger partial charge on any atom is 0.140 e. The van der Waals surface area contributed by atoms with E-state index in [1.165, 1.54) is 41.5 Å². The number of hydrogen-bond donors (Lipinski definition) is 4. The highest BCUT2D eigenvalue weighted by molar-refractivity contribution is 5.58. The summed E-state index contributed by atoms with van der Waals surface area (Å²) < 4.78 is 13.0. The molecule has 5 nitrogen and oxygen atoms in total. The number of halogens is 1. The zero-order valence-electron chi connectivity index (χ0n) is 16.8. The zero-order chi connectivity index (χ0) is 21.0. The Morgan fingerprint density at radius 3 is 2.11 bits per heavy atom. The van der Waals surface area contributed by atoms with Crippen LogP contribution in [0.2, 0.25) is 0 Å². The molecule has 0 bridgehead atoms. The third-order valence-corrected chi connectivity index (χ3v) is 3.48. The Balaban J connectivity index is 0.00000158. The van der Waals surface area contributed by atoms with Gasteiger partial charge in [-0.3, -0.25) is 5.01 Å². The van der Waals surface area contributed by atoms with Crippen molar-refractivity contribution in [1.82, 2.24) is 0 Å². The predicted molar refractivity (Wildman–Crippen MR) is 110 cm³/mol. The van der Waals surface area contributed by atoms with Crippen LogP contribution in [0.25, 0.3) is 0 Å². The molecule has 0 aliphatic heterocycles. The normalized spacial score (nSPS) is 12.7. The van der Waals surface area contributed by atoms with Crippen LogP contribution in [0, 0.1) is 5.82 Å². The molecule has 0 spiro atoms. The third-order valence-electron chi connectivity index (χ3n) is 3.48. The van der Waals surface area contributed by atoms with E-state index in [0.717, 1.165) is 0 Å². The average Bonchev–Trinajstić information content (AvgIpc) is 2.65. The van der Waals surface area contributed by atoms with Gasteiger partial charge in [0.15, 0.2) is 0 Å². The Bertz CT molecular complexity index is 701. The smallest absolute Gasteiger partial charge is 0.140 e. The van der Waals surface area contributed by atoms with Gasteiger partial charge in [-0.1, -0.05) is 52.0 Å². The highest BCUT2D eigenvalue weighted by atomic mass is 19.1. The van der Waals surface area contributed by atoms with Crippen LogP contribution >= 0.6 is 0 Å². The van der Waals surface area contributed by atoms with Gasteiger partial charge in [0.05, 0.1) is 11.3 Å². The highest BCUT2D eigenvalue weighted by Gasteiger charge is 2.24. The number of hydrazine groups is 1. The quantitative estimate of drug-likeness (QED) is 0.459. The van der Waals surface area contributed by atoms with Crippen molar-refractivity contribution in [2.45, 2.75) is 46.6 Å². The molecule has 0 radical (unpaired) electrons. The van der Waals surface area contributed by atoms with Gasteiger partial charge in [0.1, 0.15) is 11.6 Å². The molecule has 1 atom stereocenters. The van der Waals surface area contributed by atoms with Gasteiger partial charge in [-0.05, 0) is 36.8 Å². The van der Waals surface area contributed by atoms with Gasteiger partial charge in [-0.25, -0.2) is 10.2 Å². The molecule has 2 aromatic carbocycles. The van der Waals surface area contributed by atoms with Crippen LogP contribution in [0.5, 0.6) is 5.75 Å². The van der Waals surface area contributed by atoms with Crippen molar-refractivity contribution in [3.63, 3.8) is 0 Å². The summed E-state index contributed by atoms with van der Waals surface area (Å²) in [7, 11) is 0. The van der Waals surface area contributed by atoms with E-state index in [1.54, 1.807) is 25.1 Å². The van der Waals surface area contributed by atoms with Gasteiger partial charge >= 0.3 is 0 Å². The van der Waals surface area contributed by atoms with E-state index in [-0.39, 0.29) is 18.0 Å². The number of aliphatic hydroxyl groups is 1. The molecule has 27 heavy (non-hydrogen) atoms. The number of nitrogens with zero attached hydrogens (tertiary/aromatic N) is 1. The third kappa shape index (κ3) is 7.68. The molecule has 6 N–H and O–H groups in total. The number of para-hydroxylation sites is 2. The molecule has 6 heteroatoms. The topological polar surface area (TPSA) is 95.7 Å². The molecule has 2 rings (SSSR count). The lowest BCUT2D eigenvalue weighted by Gasteiger charge is -2.25. The lowest BCUT2D eigenvalue weighted by Crippen LogP contribution is -2.29. The number of rotatable bonds is 5. The van der Waals surface area contributed by atoms with Gasteiger partial charge in [0.25, 0.3) is 0 Å². The molecule has 2 aromatic rings. The first-order chi connectivity index (χ1) is 12.8. The molecule has 0 amide bonds. The summed E-state index contributed by atoms with van der Waals surface area (Å²) in [6, 6.07) is 12.1. The highest BCUT2D eigenvalue weighted by Crippen LogP contribution is 2.28. The molecule has 0 aliphatic carbocycles. The minimum absolute atomic E-state index is 0.0179. The van der Waals surface area contributed by atoms with Crippen molar-refractivity contribution >= 4 is 5.69 Å². The fourth-order valence-electron chi connectivity index (χ4n) is 2.28. The number of hydrogen-bond acceptors (Lipinski definition) is 5. The summed E-state index contributed by atoms with van der Waals surface area (Å²) in [5.41, 5.74) is 5.91. The van der Waals surface area contributed by atoms with E-state index >= 15 is 0 Å². The van der Waals surface area contributed by atoms with Gasteiger partial charge in [-0.2, -0.15) is 0 Å². The fourth-order valence-corrected chi connectivity index (χ4v) is 2.28. The van der Waals surface area contributed by atoms with Crippen molar-refractivity contribution in [3.8, 4) is 5.75 Å². The monoisotopic (exact) mass is 377 g/mol. The summed E-state index contributed by atoms with van der Waals surface area (Å²) in [4.78, 5) is 0. The molecule has 0 fully saturated rings. The Morgan fingerprint density at radius 2 is 1.59 bits per heavy atom. The number of nitrogens with two attached hydrogens (primary N) is 2. The van der Waals surface area contributed by atoms with E-state index in [9.17, 15) is 14.6 Å². The van der Waals surface area contributed by atoms with Crippen LogP contribution in [0.4, 0.5) is 10.1 Å². The van der Waals surface area contributed by atoms with Gasteiger partial charge in [0, 0.05) is 18.3 Å². The second-order valence-electron chi connectivity index (χ2n) is 5.56. The van der Waals surface area contributed by atoms with Crippen LogP contribution in [-0.4, -0.2) is 10.2 Å². The Kier molecular flexibility index (Phi) is 10.8. The van der Waals surface area contributed by atoms with Crippen molar-refractivity contribution in [2.24, 2.45) is 11.6 Å². The molecular formula is C21H32FN3O2. The summed E-state index contributed by atoms with van der Waals surface area (Å²) in [6.45, 7) is 9.59. The van der Waals surface area contributed by atoms with Crippen LogP contribution < -0.4 is 16.6 Å². The van der Waals surface area contributed by atoms with Gasteiger partial charge in [-0.15, -0.1) is 0 Å². The largest absolute Gasteiger partial charge is 0.506 e. The Hall–Kier alpha value is -2.57. The molecule has 0 saturated heterocycles. The summed E-state index contributed by atoms with van der Waals surface area (Å²) in [5, 5.41) is 21.5. The fraction of sp³-hybridized carbons (Fsp3) is 0.333. The van der Waals surface area contributed by atoms with Crippen molar-refractivity contribution in [1.29, 1.82) is 0 Å². The summed E-state index contributed by atoms with van der Waals surface area (Å²) in [6.07, 6.45) is 1.52.